The van der Waals surface area contributed by atoms with Gasteiger partial charge in [0.15, 0.2) is 0 Å². The van der Waals surface area contributed by atoms with Gasteiger partial charge in [-0.25, -0.2) is 5.48 Å². The lowest BCUT2D eigenvalue weighted by Gasteiger charge is -2.08. The molecular weight excluding hydrogens is 274 g/mol. The van der Waals surface area contributed by atoms with E-state index >= 15 is 0 Å². The third-order valence-corrected chi connectivity index (χ3v) is 2.93. The van der Waals surface area contributed by atoms with Crippen molar-refractivity contribution in [3.63, 3.8) is 0 Å². The molecule has 0 saturated carbocycles. The minimum Gasteiger partial charge on any atom is -0.366 e. The van der Waals surface area contributed by atoms with Crippen molar-refractivity contribution in [3.8, 4) is 0 Å². The Balaban J connectivity index is 2.35. The molecule has 0 heterocycles. The van der Waals surface area contributed by atoms with Gasteiger partial charge in [-0.1, -0.05) is 18.6 Å². The van der Waals surface area contributed by atoms with Crippen molar-refractivity contribution in [2.45, 2.75) is 25.7 Å². The first-order valence-corrected chi connectivity index (χ1v) is 6.66. The zero-order chi connectivity index (χ0) is 15.7. The molecule has 5 N–H and O–H groups in total. The highest BCUT2D eigenvalue weighted by molar-refractivity contribution is 6.06. The molecule has 0 unspecified atom stereocenters. The van der Waals surface area contributed by atoms with Gasteiger partial charge in [0.05, 0.1) is 11.1 Å². The molecule has 1 aromatic carbocycles. The van der Waals surface area contributed by atoms with Gasteiger partial charge in [0.25, 0.3) is 5.91 Å². The van der Waals surface area contributed by atoms with Crippen LogP contribution in [0.5, 0.6) is 0 Å². The fraction of sp³-hybridized carbons (Fsp3) is 0.357. The second-order valence-electron chi connectivity index (χ2n) is 4.51. The van der Waals surface area contributed by atoms with Crippen molar-refractivity contribution in [1.82, 2.24) is 10.8 Å². The summed E-state index contributed by atoms with van der Waals surface area (Å²) >= 11 is 0. The van der Waals surface area contributed by atoms with Crippen LogP contribution in [-0.2, 0) is 4.79 Å². The smallest absolute Gasteiger partial charge is 0.252 e. The molecule has 114 valence electrons. The number of benzene rings is 1. The Hall–Kier alpha value is -2.41. The molecule has 0 radical (unpaired) electrons. The molecule has 0 atom stereocenters. The standard InChI is InChI=1S/C14H19N3O4/c15-13(19)10-6-3-4-7-11(10)14(20)16-9-5-1-2-8-12(18)17-21/h3-4,6-7,21H,1-2,5,8-9H2,(H2,15,19)(H,16,20)(H,17,18). The zero-order valence-electron chi connectivity index (χ0n) is 11.6. The van der Waals surface area contributed by atoms with Gasteiger partial charge >= 0.3 is 0 Å². The second kappa shape index (κ2) is 8.70. The Morgan fingerprint density at radius 1 is 1.05 bits per heavy atom. The number of amides is 3. The molecule has 1 aromatic rings. The van der Waals surface area contributed by atoms with E-state index in [1.165, 1.54) is 6.07 Å². The third kappa shape index (κ3) is 5.62. The van der Waals surface area contributed by atoms with E-state index < -0.39 is 11.8 Å². The summed E-state index contributed by atoms with van der Waals surface area (Å²) in [7, 11) is 0. The van der Waals surface area contributed by atoms with Gasteiger partial charge in [-0.3, -0.25) is 19.6 Å². The maximum Gasteiger partial charge on any atom is 0.252 e. The van der Waals surface area contributed by atoms with Crippen LogP contribution in [0, 0.1) is 0 Å². The SMILES string of the molecule is NC(=O)c1ccccc1C(=O)NCCCCCC(=O)NO. The largest absolute Gasteiger partial charge is 0.366 e. The van der Waals surface area contributed by atoms with Crippen molar-refractivity contribution in [3.05, 3.63) is 35.4 Å². The Kier molecular flexibility index (Phi) is 6.90. The van der Waals surface area contributed by atoms with E-state index in [1.54, 1.807) is 23.7 Å². The number of unbranched alkanes of at least 4 members (excludes halogenated alkanes) is 2. The van der Waals surface area contributed by atoms with Crippen LogP contribution in [0.15, 0.2) is 24.3 Å². The topological polar surface area (TPSA) is 122 Å². The van der Waals surface area contributed by atoms with Crippen LogP contribution in [0.3, 0.4) is 0 Å². The summed E-state index contributed by atoms with van der Waals surface area (Å²) in [6.45, 7) is 0.437. The predicted octanol–water partition coefficient (Wildman–Crippen LogP) is 0.581. The van der Waals surface area contributed by atoms with Crippen LogP contribution in [0.25, 0.3) is 0 Å². The minimum absolute atomic E-state index is 0.189. The lowest BCUT2D eigenvalue weighted by atomic mass is 10.1. The summed E-state index contributed by atoms with van der Waals surface area (Å²) in [5.41, 5.74) is 7.21. The van der Waals surface area contributed by atoms with Gasteiger partial charge < -0.3 is 11.1 Å². The van der Waals surface area contributed by atoms with E-state index in [1.807, 2.05) is 0 Å². The predicted molar refractivity (Wildman–Crippen MR) is 75.7 cm³/mol. The summed E-state index contributed by atoms with van der Waals surface area (Å²) < 4.78 is 0. The van der Waals surface area contributed by atoms with Gasteiger partial charge in [-0.15, -0.1) is 0 Å². The highest BCUT2D eigenvalue weighted by Crippen LogP contribution is 2.08. The van der Waals surface area contributed by atoms with Crippen molar-refractivity contribution in [2.24, 2.45) is 5.73 Å². The van der Waals surface area contributed by atoms with Crippen LogP contribution in [-0.4, -0.2) is 29.5 Å². The van der Waals surface area contributed by atoms with E-state index in [0.717, 1.165) is 6.42 Å². The summed E-state index contributed by atoms with van der Waals surface area (Å²) in [6.07, 6.45) is 2.31. The monoisotopic (exact) mass is 293 g/mol. The molecule has 0 bridgehead atoms. The summed E-state index contributed by atoms with van der Waals surface area (Å²) in [5.74, 6) is -1.41. The van der Waals surface area contributed by atoms with Gasteiger partial charge in [0.1, 0.15) is 0 Å². The van der Waals surface area contributed by atoms with Crippen molar-refractivity contribution >= 4 is 17.7 Å². The Morgan fingerprint density at radius 2 is 1.71 bits per heavy atom. The number of hydrogen-bond donors (Lipinski definition) is 4. The average Bonchev–Trinajstić information content (AvgIpc) is 2.50. The first-order valence-electron chi connectivity index (χ1n) is 6.66. The number of hydroxylamine groups is 1. The average molecular weight is 293 g/mol. The number of nitrogens with two attached hydrogens (primary N) is 1. The number of carbonyl (C=O) groups is 3. The van der Waals surface area contributed by atoms with Crippen molar-refractivity contribution < 1.29 is 19.6 Å². The molecule has 0 aromatic heterocycles. The van der Waals surface area contributed by atoms with Crippen molar-refractivity contribution in [1.29, 1.82) is 0 Å². The molecule has 0 fully saturated rings. The molecule has 0 aliphatic rings. The molecular formula is C14H19N3O4. The first-order chi connectivity index (χ1) is 10.1. The molecule has 1 rings (SSSR count). The zero-order valence-corrected chi connectivity index (χ0v) is 11.6. The van der Waals surface area contributed by atoms with E-state index in [4.69, 9.17) is 10.9 Å². The number of nitrogens with one attached hydrogen (secondary N) is 2. The molecule has 7 nitrogen and oxygen atoms in total. The number of carbonyl (C=O) groups excluding carboxylic acids is 3. The quantitative estimate of drug-likeness (QED) is 0.318. The van der Waals surface area contributed by atoms with E-state index in [-0.39, 0.29) is 23.5 Å². The number of rotatable bonds is 8. The number of hydrogen-bond acceptors (Lipinski definition) is 4. The third-order valence-electron chi connectivity index (χ3n) is 2.93. The van der Waals surface area contributed by atoms with Crippen molar-refractivity contribution in [2.75, 3.05) is 6.54 Å². The summed E-state index contributed by atoms with van der Waals surface area (Å²) in [6, 6.07) is 6.35. The van der Waals surface area contributed by atoms with Crippen LogP contribution in [0.4, 0.5) is 0 Å². The Labute approximate surface area is 122 Å². The number of primary amides is 1. The molecule has 0 saturated heterocycles. The Morgan fingerprint density at radius 3 is 2.33 bits per heavy atom. The van der Waals surface area contributed by atoms with Gasteiger partial charge in [0, 0.05) is 13.0 Å². The van der Waals surface area contributed by atoms with Gasteiger partial charge in [0.2, 0.25) is 11.8 Å². The maximum absolute atomic E-state index is 11.9. The van der Waals surface area contributed by atoms with Gasteiger partial charge in [-0.05, 0) is 25.0 Å². The Bertz CT molecular complexity index is 517. The van der Waals surface area contributed by atoms with Gasteiger partial charge in [-0.2, -0.15) is 0 Å². The summed E-state index contributed by atoms with van der Waals surface area (Å²) in [4.78, 5) is 33.9. The highest BCUT2D eigenvalue weighted by atomic mass is 16.5. The van der Waals surface area contributed by atoms with E-state index in [0.29, 0.717) is 19.4 Å². The van der Waals surface area contributed by atoms with E-state index in [2.05, 4.69) is 5.32 Å². The normalized spacial score (nSPS) is 9.95. The van der Waals surface area contributed by atoms with Crippen LogP contribution in [0.1, 0.15) is 46.4 Å². The summed E-state index contributed by atoms with van der Waals surface area (Å²) in [5, 5.41) is 11.0. The maximum atomic E-state index is 11.9. The van der Waals surface area contributed by atoms with Crippen LogP contribution in [0.2, 0.25) is 0 Å². The second-order valence-corrected chi connectivity index (χ2v) is 4.51. The lowest BCUT2D eigenvalue weighted by Crippen LogP contribution is -2.27. The molecule has 0 aliphatic heterocycles. The lowest BCUT2D eigenvalue weighted by molar-refractivity contribution is -0.129. The fourth-order valence-corrected chi connectivity index (χ4v) is 1.84. The molecule has 7 heteroatoms. The fourth-order valence-electron chi connectivity index (χ4n) is 1.84. The highest BCUT2D eigenvalue weighted by Gasteiger charge is 2.13. The molecule has 3 amide bonds. The molecule has 21 heavy (non-hydrogen) atoms. The first kappa shape index (κ1) is 16.6. The van der Waals surface area contributed by atoms with E-state index in [9.17, 15) is 14.4 Å². The van der Waals surface area contributed by atoms with Crippen LogP contribution < -0.4 is 16.5 Å². The van der Waals surface area contributed by atoms with Crippen LogP contribution >= 0.6 is 0 Å². The minimum atomic E-state index is -0.643. The molecule has 0 aliphatic carbocycles. The molecule has 0 spiro atoms.